The van der Waals surface area contributed by atoms with Gasteiger partial charge in [0, 0.05) is 30.0 Å². The van der Waals surface area contributed by atoms with Crippen molar-refractivity contribution >= 4 is 16.9 Å². The first kappa shape index (κ1) is 19.6. The molecule has 32 heavy (non-hydrogen) atoms. The molecule has 1 unspecified atom stereocenters. The van der Waals surface area contributed by atoms with Crippen LogP contribution in [0.2, 0.25) is 0 Å². The number of hydrogen-bond donors (Lipinski definition) is 0. The summed E-state index contributed by atoms with van der Waals surface area (Å²) in [4.78, 5) is 36.9. The molecule has 0 saturated heterocycles. The Bertz CT molecular complexity index is 1490. The molecule has 0 aliphatic carbocycles. The fourth-order valence-electron chi connectivity index (χ4n) is 3.73. The monoisotopic (exact) mass is 432 g/mol. The number of carbonyl (C=O) groups excluding carboxylic acids is 1. The number of carbonyl (C=O) groups is 1. The highest BCUT2D eigenvalue weighted by Crippen LogP contribution is 2.43. The Morgan fingerprint density at radius 1 is 0.938 bits per heavy atom. The van der Waals surface area contributed by atoms with Crippen LogP contribution in [0.5, 0.6) is 11.5 Å². The minimum atomic E-state index is -1.12. The summed E-state index contributed by atoms with van der Waals surface area (Å²) < 4.78 is 27.3. The smallest absolute Gasteiger partial charge is 0.344 e. The van der Waals surface area contributed by atoms with Crippen molar-refractivity contribution in [1.29, 1.82) is 0 Å². The maximum Gasteiger partial charge on any atom is 0.344 e. The summed E-state index contributed by atoms with van der Waals surface area (Å²) in [5.41, 5.74) is 0.269. The fourth-order valence-corrected chi connectivity index (χ4v) is 3.73. The minimum Gasteiger partial charge on any atom is -0.497 e. The van der Waals surface area contributed by atoms with Gasteiger partial charge in [-0.05, 0) is 30.3 Å². The van der Waals surface area contributed by atoms with Crippen LogP contribution in [-0.4, -0.2) is 13.1 Å². The van der Waals surface area contributed by atoms with E-state index in [9.17, 15) is 14.4 Å². The van der Waals surface area contributed by atoms with E-state index in [-0.39, 0.29) is 16.9 Å². The van der Waals surface area contributed by atoms with E-state index >= 15 is 0 Å². The Balaban J connectivity index is 1.78. The lowest BCUT2D eigenvalue weighted by Crippen LogP contribution is -2.21. The molecule has 2 aromatic carbocycles. The van der Waals surface area contributed by atoms with Crippen LogP contribution in [0, 0.1) is 0 Å². The topological polar surface area (TPSA) is 105 Å². The molecule has 0 fully saturated rings. The highest BCUT2D eigenvalue weighted by atomic mass is 16.7. The molecule has 160 valence electrons. The maximum absolute atomic E-state index is 13.0. The van der Waals surface area contributed by atoms with Gasteiger partial charge in [-0.15, -0.1) is 0 Å². The van der Waals surface area contributed by atoms with Crippen LogP contribution in [0.1, 0.15) is 18.8 Å². The zero-order valence-electron chi connectivity index (χ0n) is 17.0. The fraction of sp³-hybridized carbons (Fsp3) is 0.125. The summed E-state index contributed by atoms with van der Waals surface area (Å²) in [5, 5.41) is 0.513. The van der Waals surface area contributed by atoms with Crippen molar-refractivity contribution in [1.82, 2.24) is 0 Å². The number of ether oxygens (including phenoxy) is 3. The highest BCUT2D eigenvalue weighted by molar-refractivity contribution is 5.94. The molecule has 2 aromatic heterocycles. The van der Waals surface area contributed by atoms with E-state index in [1.165, 1.54) is 26.2 Å². The number of methoxy groups -OCH3 is 1. The molecule has 1 aliphatic rings. The molecule has 3 heterocycles. The van der Waals surface area contributed by atoms with E-state index in [1.54, 1.807) is 42.5 Å². The van der Waals surface area contributed by atoms with Gasteiger partial charge in [-0.3, -0.25) is 4.79 Å². The van der Waals surface area contributed by atoms with Crippen molar-refractivity contribution in [2.24, 2.45) is 0 Å². The molecular weight excluding hydrogens is 416 g/mol. The van der Waals surface area contributed by atoms with Gasteiger partial charge in [0.15, 0.2) is 5.76 Å². The molecular formula is C24H16O8. The van der Waals surface area contributed by atoms with Gasteiger partial charge < -0.3 is 23.0 Å². The number of benzene rings is 2. The molecule has 0 amide bonds. The van der Waals surface area contributed by atoms with Gasteiger partial charge in [-0.1, -0.05) is 12.1 Å². The highest BCUT2D eigenvalue weighted by Gasteiger charge is 2.32. The summed E-state index contributed by atoms with van der Waals surface area (Å²) in [6.45, 7) is 1.26. The molecule has 4 aromatic rings. The van der Waals surface area contributed by atoms with E-state index in [4.69, 9.17) is 23.0 Å². The van der Waals surface area contributed by atoms with Crippen molar-refractivity contribution in [3.63, 3.8) is 0 Å². The van der Waals surface area contributed by atoms with Gasteiger partial charge in [0.05, 0.1) is 23.8 Å². The summed E-state index contributed by atoms with van der Waals surface area (Å²) in [5.74, 6) is 0.585. The van der Waals surface area contributed by atoms with Crippen LogP contribution in [0.25, 0.3) is 33.4 Å². The molecule has 0 N–H and O–H groups in total. The molecule has 8 nitrogen and oxygen atoms in total. The van der Waals surface area contributed by atoms with Crippen molar-refractivity contribution in [2.45, 2.75) is 13.2 Å². The van der Waals surface area contributed by atoms with Crippen LogP contribution in [-0.2, 0) is 9.53 Å². The lowest BCUT2D eigenvalue weighted by molar-refractivity contribution is -0.162. The van der Waals surface area contributed by atoms with E-state index in [2.05, 4.69) is 0 Å². The van der Waals surface area contributed by atoms with Crippen LogP contribution in [0.15, 0.2) is 73.0 Å². The summed E-state index contributed by atoms with van der Waals surface area (Å²) in [6.07, 6.45) is -1.12. The van der Waals surface area contributed by atoms with Gasteiger partial charge in [0.1, 0.15) is 17.1 Å². The second-order valence-electron chi connectivity index (χ2n) is 7.13. The van der Waals surface area contributed by atoms with E-state index in [0.29, 0.717) is 33.6 Å². The summed E-state index contributed by atoms with van der Waals surface area (Å²) >= 11 is 0. The normalized spacial score (nSPS) is 14.2. The second-order valence-corrected chi connectivity index (χ2v) is 7.13. The zero-order chi connectivity index (χ0) is 22.4. The third-order valence-corrected chi connectivity index (χ3v) is 5.11. The Morgan fingerprint density at radius 3 is 2.53 bits per heavy atom. The Labute approximate surface area is 180 Å². The Kier molecular flexibility index (Phi) is 4.55. The molecule has 8 heteroatoms. The van der Waals surface area contributed by atoms with Gasteiger partial charge in [-0.2, -0.15) is 0 Å². The van der Waals surface area contributed by atoms with E-state index in [0.717, 1.165) is 0 Å². The first-order chi connectivity index (χ1) is 15.4. The molecule has 5 rings (SSSR count). The van der Waals surface area contributed by atoms with Crippen molar-refractivity contribution in [2.75, 3.05) is 7.11 Å². The largest absolute Gasteiger partial charge is 0.497 e. The predicted octanol–water partition coefficient (Wildman–Crippen LogP) is 4.04. The first-order valence-corrected chi connectivity index (χ1v) is 9.68. The quantitative estimate of drug-likeness (QED) is 0.353. The number of para-hydroxylation sites is 1. The average molecular weight is 432 g/mol. The number of hydrogen-bond acceptors (Lipinski definition) is 8. The standard InChI is InChI=1S/C24H16O8/c1-12(25)29-24-18-10-17(23(27)32-22(18)15-5-3-4-6-19(15)31-24)16-11-21(26)30-20-9-13(28-2)7-8-14(16)20/h3-11,24H,1-2H3. The molecule has 0 radical (unpaired) electrons. The van der Waals surface area contributed by atoms with Crippen molar-refractivity contribution in [3.8, 4) is 33.9 Å². The van der Waals surface area contributed by atoms with Crippen LogP contribution in [0.3, 0.4) is 0 Å². The SMILES string of the molecule is COc1ccc2c(-c3cc4c(oc3=O)-c3ccccc3OC4OC(C)=O)cc(=O)oc2c1. The number of esters is 1. The molecule has 0 saturated carbocycles. The molecule has 1 aliphatic heterocycles. The first-order valence-electron chi connectivity index (χ1n) is 9.68. The third-order valence-electron chi connectivity index (χ3n) is 5.11. The van der Waals surface area contributed by atoms with Crippen molar-refractivity contribution in [3.05, 3.63) is 81.0 Å². The Morgan fingerprint density at radius 2 is 1.75 bits per heavy atom. The van der Waals surface area contributed by atoms with E-state index < -0.39 is 23.5 Å². The second kappa shape index (κ2) is 7.42. The van der Waals surface area contributed by atoms with Gasteiger partial charge in [-0.25, -0.2) is 9.59 Å². The summed E-state index contributed by atoms with van der Waals surface area (Å²) in [6, 6.07) is 14.6. The van der Waals surface area contributed by atoms with Gasteiger partial charge in [0.2, 0.25) is 0 Å². The zero-order valence-corrected chi connectivity index (χ0v) is 17.0. The van der Waals surface area contributed by atoms with Crippen LogP contribution < -0.4 is 20.7 Å². The lowest BCUT2D eigenvalue weighted by Gasteiger charge is -2.26. The van der Waals surface area contributed by atoms with Crippen LogP contribution in [0.4, 0.5) is 0 Å². The molecule has 0 bridgehead atoms. The maximum atomic E-state index is 13.0. The van der Waals surface area contributed by atoms with Gasteiger partial charge in [0.25, 0.3) is 6.29 Å². The van der Waals surface area contributed by atoms with Gasteiger partial charge >= 0.3 is 17.2 Å². The summed E-state index contributed by atoms with van der Waals surface area (Å²) in [7, 11) is 1.49. The minimum absolute atomic E-state index is 0.104. The number of rotatable bonds is 3. The average Bonchev–Trinajstić information content (AvgIpc) is 2.77. The Hall–Kier alpha value is -4.33. The predicted molar refractivity (Wildman–Crippen MR) is 114 cm³/mol. The van der Waals surface area contributed by atoms with E-state index in [1.807, 2.05) is 0 Å². The lowest BCUT2D eigenvalue weighted by atomic mass is 9.98. The molecule has 1 atom stereocenters. The number of fused-ring (bicyclic) bond motifs is 4. The molecule has 0 spiro atoms. The van der Waals surface area contributed by atoms with Crippen molar-refractivity contribution < 1.29 is 27.8 Å². The third kappa shape index (κ3) is 3.22. The van der Waals surface area contributed by atoms with Crippen LogP contribution >= 0.6 is 0 Å².